The van der Waals surface area contributed by atoms with Crippen molar-refractivity contribution in [2.24, 2.45) is 0 Å². The van der Waals surface area contributed by atoms with E-state index >= 15 is 0 Å². The Morgan fingerprint density at radius 1 is 1.03 bits per heavy atom. The molecule has 1 N–H and O–H groups in total. The first kappa shape index (κ1) is 22.7. The van der Waals surface area contributed by atoms with Gasteiger partial charge in [-0.2, -0.15) is 9.40 Å². The Hall–Kier alpha value is -2.49. The lowest BCUT2D eigenvalue weighted by Crippen LogP contribution is -2.31. The zero-order chi connectivity index (χ0) is 22.4. The lowest BCUT2D eigenvalue weighted by Gasteiger charge is -2.20. The molecule has 0 spiro atoms. The molecule has 1 fully saturated rings. The van der Waals surface area contributed by atoms with Gasteiger partial charge in [-0.3, -0.25) is 4.79 Å². The molecule has 0 bridgehead atoms. The predicted molar refractivity (Wildman–Crippen MR) is 126 cm³/mol. The van der Waals surface area contributed by atoms with Gasteiger partial charge in [0.1, 0.15) is 5.82 Å². The van der Waals surface area contributed by atoms with E-state index in [4.69, 9.17) is 0 Å². The number of thiophene rings is 1. The van der Waals surface area contributed by atoms with Crippen LogP contribution in [-0.2, 0) is 27.8 Å². The van der Waals surface area contributed by atoms with Gasteiger partial charge in [0.2, 0.25) is 15.9 Å². The molecule has 4 rings (SSSR count). The van der Waals surface area contributed by atoms with Crippen molar-refractivity contribution in [1.82, 2.24) is 14.1 Å². The topological polar surface area (TPSA) is 84.3 Å². The van der Waals surface area contributed by atoms with Crippen LogP contribution in [0.1, 0.15) is 42.5 Å². The molecule has 32 heavy (non-hydrogen) atoms. The molecule has 3 aromatic rings. The third kappa shape index (κ3) is 5.65. The summed E-state index contributed by atoms with van der Waals surface area (Å²) in [5.41, 5.74) is 0.932. The highest BCUT2D eigenvalue weighted by molar-refractivity contribution is 7.89. The van der Waals surface area contributed by atoms with Crippen molar-refractivity contribution in [3.63, 3.8) is 0 Å². The standard InChI is InChI=1S/C23H28N4O3S2/c28-23(25-22-13-14-24-27(22)18-20-6-5-17-31-20)12-9-19-7-10-21(11-8-19)32(29,30)26-15-3-1-2-4-16-26/h5-8,10-11,13-14,17H,1-4,9,12,15-16,18H2,(H,25,28). The first-order chi connectivity index (χ1) is 15.5. The SMILES string of the molecule is O=C(CCc1ccc(S(=O)(=O)N2CCCCCC2)cc1)Nc1ccnn1Cc1cccs1. The minimum Gasteiger partial charge on any atom is -0.311 e. The maximum atomic E-state index is 12.9. The van der Waals surface area contributed by atoms with E-state index in [0.717, 1.165) is 31.2 Å². The fourth-order valence-electron chi connectivity index (χ4n) is 3.84. The monoisotopic (exact) mass is 472 g/mol. The molecule has 0 radical (unpaired) electrons. The number of carbonyl (C=O) groups is 1. The summed E-state index contributed by atoms with van der Waals surface area (Å²) in [5, 5.41) is 9.22. The van der Waals surface area contributed by atoms with Gasteiger partial charge in [-0.25, -0.2) is 13.1 Å². The number of amides is 1. The van der Waals surface area contributed by atoms with Crippen LogP contribution in [0, 0.1) is 0 Å². The quantitative estimate of drug-likeness (QED) is 0.534. The first-order valence-electron chi connectivity index (χ1n) is 11.0. The maximum absolute atomic E-state index is 12.9. The largest absolute Gasteiger partial charge is 0.311 e. The summed E-state index contributed by atoms with van der Waals surface area (Å²) in [6.07, 6.45) is 6.52. The van der Waals surface area contributed by atoms with E-state index in [-0.39, 0.29) is 5.91 Å². The van der Waals surface area contributed by atoms with E-state index in [2.05, 4.69) is 10.4 Å². The predicted octanol–water partition coefficient (Wildman–Crippen LogP) is 4.13. The lowest BCUT2D eigenvalue weighted by molar-refractivity contribution is -0.116. The molecule has 0 saturated carbocycles. The minimum atomic E-state index is -3.45. The molecule has 170 valence electrons. The average Bonchev–Trinajstić information content (AvgIpc) is 3.37. The van der Waals surface area contributed by atoms with Crippen molar-refractivity contribution in [3.8, 4) is 0 Å². The van der Waals surface area contributed by atoms with E-state index in [1.54, 1.807) is 56.9 Å². The van der Waals surface area contributed by atoms with Crippen LogP contribution in [0.3, 0.4) is 0 Å². The molecule has 0 aliphatic carbocycles. The third-order valence-corrected chi connectivity index (χ3v) is 8.41. The van der Waals surface area contributed by atoms with Crippen molar-refractivity contribution in [2.75, 3.05) is 18.4 Å². The summed E-state index contributed by atoms with van der Waals surface area (Å²) >= 11 is 1.65. The fourth-order valence-corrected chi connectivity index (χ4v) is 6.04. The van der Waals surface area contributed by atoms with Crippen LogP contribution < -0.4 is 5.32 Å². The number of hydrogen-bond donors (Lipinski definition) is 1. The summed E-state index contributed by atoms with van der Waals surface area (Å²) in [6, 6.07) is 12.7. The Labute approximate surface area is 193 Å². The summed E-state index contributed by atoms with van der Waals surface area (Å²) in [7, 11) is -3.45. The molecule has 1 saturated heterocycles. The Morgan fingerprint density at radius 2 is 1.78 bits per heavy atom. The first-order valence-corrected chi connectivity index (χ1v) is 13.3. The Bertz CT molecular complexity index is 1110. The van der Waals surface area contributed by atoms with E-state index in [9.17, 15) is 13.2 Å². The van der Waals surface area contributed by atoms with Gasteiger partial charge in [0.25, 0.3) is 0 Å². The van der Waals surface area contributed by atoms with Gasteiger partial charge in [0, 0.05) is 30.5 Å². The number of carbonyl (C=O) groups excluding carboxylic acids is 1. The van der Waals surface area contributed by atoms with Gasteiger partial charge >= 0.3 is 0 Å². The molecule has 1 aliphatic rings. The number of aromatic nitrogens is 2. The molecule has 9 heteroatoms. The number of sulfonamides is 1. The number of nitrogens with zero attached hydrogens (tertiary/aromatic N) is 3. The van der Waals surface area contributed by atoms with Crippen molar-refractivity contribution >= 4 is 33.1 Å². The van der Waals surface area contributed by atoms with Crippen LogP contribution >= 0.6 is 11.3 Å². The second-order valence-electron chi connectivity index (χ2n) is 7.96. The fraction of sp³-hybridized carbons (Fsp3) is 0.391. The van der Waals surface area contributed by atoms with Crippen molar-refractivity contribution in [2.45, 2.75) is 50.0 Å². The van der Waals surface area contributed by atoms with Gasteiger partial charge < -0.3 is 5.32 Å². The lowest BCUT2D eigenvalue weighted by atomic mass is 10.1. The summed E-state index contributed by atoms with van der Waals surface area (Å²) in [6.45, 7) is 1.80. The molecule has 0 unspecified atom stereocenters. The number of aryl methyl sites for hydroxylation is 1. The molecule has 1 aromatic carbocycles. The molecule has 0 atom stereocenters. The Morgan fingerprint density at radius 3 is 2.47 bits per heavy atom. The van der Waals surface area contributed by atoms with E-state index in [1.807, 2.05) is 17.5 Å². The second-order valence-corrected chi connectivity index (χ2v) is 10.9. The maximum Gasteiger partial charge on any atom is 0.243 e. The number of benzene rings is 1. The van der Waals surface area contributed by atoms with Crippen molar-refractivity contribution in [3.05, 3.63) is 64.5 Å². The van der Waals surface area contributed by atoms with Gasteiger partial charge in [0.15, 0.2) is 0 Å². The van der Waals surface area contributed by atoms with Gasteiger partial charge in [-0.1, -0.05) is 31.0 Å². The van der Waals surface area contributed by atoms with E-state index in [1.165, 1.54) is 4.88 Å². The Balaban J connectivity index is 1.32. The van der Waals surface area contributed by atoms with Gasteiger partial charge in [0.05, 0.1) is 17.6 Å². The Kier molecular flexibility index (Phi) is 7.39. The highest BCUT2D eigenvalue weighted by atomic mass is 32.2. The van der Waals surface area contributed by atoms with Crippen molar-refractivity contribution < 1.29 is 13.2 Å². The number of hydrogen-bond acceptors (Lipinski definition) is 5. The summed E-state index contributed by atoms with van der Waals surface area (Å²) in [4.78, 5) is 13.9. The smallest absolute Gasteiger partial charge is 0.243 e. The summed E-state index contributed by atoms with van der Waals surface area (Å²) in [5.74, 6) is 0.571. The van der Waals surface area contributed by atoms with Crippen LogP contribution in [0.4, 0.5) is 5.82 Å². The molecule has 1 aliphatic heterocycles. The normalized spacial score (nSPS) is 15.4. The van der Waals surface area contributed by atoms with Crippen LogP contribution in [-0.4, -0.2) is 41.5 Å². The summed E-state index contributed by atoms with van der Waals surface area (Å²) < 4.78 is 29.2. The molecular formula is C23H28N4O3S2. The molecule has 1 amide bonds. The van der Waals surface area contributed by atoms with Crippen LogP contribution in [0.2, 0.25) is 0 Å². The molecule has 7 nitrogen and oxygen atoms in total. The average molecular weight is 473 g/mol. The third-order valence-electron chi connectivity index (χ3n) is 5.64. The second kappa shape index (κ2) is 10.4. The van der Waals surface area contributed by atoms with Gasteiger partial charge in [-0.05, 0) is 48.4 Å². The van der Waals surface area contributed by atoms with E-state index in [0.29, 0.717) is 43.2 Å². The van der Waals surface area contributed by atoms with Gasteiger partial charge in [-0.15, -0.1) is 11.3 Å². The highest BCUT2D eigenvalue weighted by Crippen LogP contribution is 2.21. The zero-order valence-corrected chi connectivity index (χ0v) is 19.6. The molecule has 2 aromatic heterocycles. The minimum absolute atomic E-state index is 0.0980. The van der Waals surface area contributed by atoms with E-state index < -0.39 is 10.0 Å². The van der Waals surface area contributed by atoms with Crippen LogP contribution in [0.5, 0.6) is 0 Å². The van der Waals surface area contributed by atoms with Crippen LogP contribution in [0.25, 0.3) is 0 Å². The van der Waals surface area contributed by atoms with Crippen molar-refractivity contribution in [1.29, 1.82) is 0 Å². The number of nitrogens with one attached hydrogen (secondary N) is 1. The highest BCUT2D eigenvalue weighted by Gasteiger charge is 2.24. The molecular weight excluding hydrogens is 444 g/mol. The number of rotatable bonds is 8. The van der Waals surface area contributed by atoms with Crippen LogP contribution in [0.15, 0.2) is 58.9 Å². The molecule has 3 heterocycles. The zero-order valence-electron chi connectivity index (χ0n) is 17.9. The number of anilines is 1.